The molecule has 0 aliphatic rings. The van der Waals surface area contributed by atoms with Crippen LogP contribution < -0.4 is 4.74 Å². The number of thioether (sulfide) groups is 1. The summed E-state index contributed by atoms with van der Waals surface area (Å²) in [6.45, 7) is 4.02. The molecule has 0 bridgehead atoms. The normalized spacial score (nSPS) is 11.4. The fraction of sp³-hybridized carbons (Fsp3) is 0.240. The second-order valence-corrected chi connectivity index (χ2v) is 7.90. The third-order valence-corrected chi connectivity index (χ3v) is 6.07. The monoisotopic (exact) mass is 432 g/mol. The Balaban J connectivity index is 2.16. The number of ether oxygens (including phenoxy) is 2. The van der Waals surface area contributed by atoms with Gasteiger partial charge in [0, 0.05) is 11.1 Å². The number of nitriles is 1. The predicted octanol–water partition coefficient (Wildman–Crippen LogP) is 5.73. The molecule has 2 aromatic carbocycles. The number of esters is 1. The molecule has 158 valence electrons. The molecule has 1 aromatic heterocycles. The number of nitrogens with zero attached hydrogens (tertiary/aromatic N) is 2. The van der Waals surface area contributed by atoms with Gasteiger partial charge in [-0.05, 0) is 37.1 Å². The molecule has 0 aliphatic carbocycles. The van der Waals surface area contributed by atoms with E-state index in [0.29, 0.717) is 23.6 Å². The van der Waals surface area contributed by atoms with Crippen LogP contribution in [0.1, 0.15) is 25.8 Å². The number of benzene rings is 2. The lowest BCUT2D eigenvalue weighted by atomic mass is 9.99. The van der Waals surface area contributed by atoms with Crippen LogP contribution in [0.4, 0.5) is 0 Å². The number of pyridine rings is 1. The van der Waals surface area contributed by atoms with E-state index in [1.807, 2.05) is 67.6 Å². The fourth-order valence-corrected chi connectivity index (χ4v) is 4.16. The molecule has 3 rings (SSSR count). The summed E-state index contributed by atoms with van der Waals surface area (Å²) in [5.74, 6) is 0.444. The molecule has 0 amide bonds. The standard InChI is InChI=1S/C25H24N2O3S/c1-4-23(25(28)30-5-2)31-24-21(16-26)20(17-11-13-19(29-3)14-12-17)15-22(27-24)18-9-7-6-8-10-18/h6-15,23H,4-5H2,1-3H3/t23-/m0/s1. The number of carbonyl (C=O) groups is 1. The maximum Gasteiger partial charge on any atom is 0.319 e. The van der Waals surface area contributed by atoms with Crippen molar-refractivity contribution in [1.82, 2.24) is 4.98 Å². The van der Waals surface area contributed by atoms with E-state index in [9.17, 15) is 10.1 Å². The Hall–Kier alpha value is -3.30. The van der Waals surface area contributed by atoms with Crippen LogP contribution in [-0.2, 0) is 9.53 Å². The van der Waals surface area contributed by atoms with Crippen molar-refractivity contribution in [2.24, 2.45) is 0 Å². The van der Waals surface area contributed by atoms with Crippen molar-refractivity contribution in [2.45, 2.75) is 30.5 Å². The van der Waals surface area contributed by atoms with E-state index in [0.717, 1.165) is 28.1 Å². The summed E-state index contributed by atoms with van der Waals surface area (Å²) in [4.78, 5) is 17.2. The average Bonchev–Trinajstić information content (AvgIpc) is 2.82. The van der Waals surface area contributed by atoms with Crippen LogP contribution in [0.5, 0.6) is 5.75 Å². The molecule has 1 heterocycles. The van der Waals surface area contributed by atoms with Crippen molar-refractivity contribution in [3.05, 3.63) is 66.2 Å². The zero-order valence-corrected chi connectivity index (χ0v) is 18.6. The van der Waals surface area contributed by atoms with Crippen molar-refractivity contribution in [3.63, 3.8) is 0 Å². The molecule has 1 atom stereocenters. The first-order valence-corrected chi connectivity index (χ1v) is 11.0. The van der Waals surface area contributed by atoms with E-state index in [-0.39, 0.29) is 5.97 Å². The Morgan fingerprint density at radius 3 is 2.39 bits per heavy atom. The highest BCUT2D eigenvalue weighted by Crippen LogP contribution is 2.37. The van der Waals surface area contributed by atoms with Crippen molar-refractivity contribution in [1.29, 1.82) is 5.26 Å². The fourth-order valence-electron chi connectivity index (χ4n) is 3.14. The summed E-state index contributed by atoms with van der Waals surface area (Å²) in [7, 11) is 1.62. The van der Waals surface area contributed by atoms with Gasteiger partial charge in [-0.1, -0.05) is 61.2 Å². The van der Waals surface area contributed by atoms with Crippen LogP contribution in [0.25, 0.3) is 22.4 Å². The highest BCUT2D eigenvalue weighted by molar-refractivity contribution is 8.00. The number of hydrogen-bond donors (Lipinski definition) is 0. The largest absolute Gasteiger partial charge is 0.497 e. The van der Waals surface area contributed by atoms with Crippen molar-refractivity contribution in [2.75, 3.05) is 13.7 Å². The molecule has 0 fully saturated rings. The number of carbonyl (C=O) groups excluding carboxylic acids is 1. The van der Waals surface area contributed by atoms with E-state index >= 15 is 0 Å². The lowest BCUT2D eigenvalue weighted by Crippen LogP contribution is -2.19. The van der Waals surface area contributed by atoms with Gasteiger partial charge in [0.05, 0.1) is 25.0 Å². The zero-order chi connectivity index (χ0) is 22.2. The Kier molecular flexibility index (Phi) is 7.69. The van der Waals surface area contributed by atoms with Crippen molar-refractivity contribution >= 4 is 17.7 Å². The van der Waals surface area contributed by atoms with Crippen LogP contribution in [0.15, 0.2) is 65.7 Å². The summed E-state index contributed by atoms with van der Waals surface area (Å²) < 4.78 is 10.5. The number of rotatable bonds is 8. The van der Waals surface area contributed by atoms with Gasteiger partial charge in [0.2, 0.25) is 0 Å². The number of methoxy groups -OCH3 is 1. The van der Waals surface area contributed by atoms with E-state index in [4.69, 9.17) is 14.5 Å². The van der Waals surface area contributed by atoms with Gasteiger partial charge in [0.25, 0.3) is 0 Å². The van der Waals surface area contributed by atoms with Gasteiger partial charge < -0.3 is 9.47 Å². The first kappa shape index (κ1) is 22.4. The van der Waals surface area contributed by atoms with E-state index in [1.165, 1.54) is 11.8 Å². The maximum atomic E-state index is 12.4. The molecule has 0 N–H and O–H groups in total. The van der Waals surface area contributed by atoms with E-state index in [1.54, 1.807) is 14.0 Å². The molecule has 5 nitrogen and oxygen atoms in total. The minimum atomic E-state index is -0.436. The molecule has 3 aromatic rings. The number of hydrogen-bond acceptors (Lipinski definition) is 6. The van der Waals surface area contributed by atoms with Gasteiger partial charge in [0.15, 0.2) is 0 Å². The summed E-state index contributed by atoms with van der Waals surface area (Å²) in [6, 6.07) is 21.6. The molecule has 6 heteroatoms. The molecule has 0 spiro atoms. The minimum Gasteiger partial charge on any atom is -0.497 e. The predicted molar refractivity (Wildman–Crippen MR) is 123 cm³/mol. The summed E-state index contributed by atoms with van der Waals surface area (Å²) in [5, 5.41) is 10.1. The van der Waals surface area contributed by atoms with Crippen LogP contribution in [-0.4, -0.2) is 29.9 Å². The Morgan fingerprint density at radius 2 is 1.81 bits per heavy atom. The second-order valence-electron chi connectivity index (χ2n) is 6.71. The van der Waals surface area contributed by atoms with Gasteiger partial charge in [-0.15, -0.1) is 0 Å². The third-order valence-electron chi connectivity index (χ3n) is 4.74. The molecule has 0 unspecified atom stereocenters. The van der Waals surface area contributed by atoms with Crippen LogP contribution in [0, 0.1) is 11.3 Å². The first-order chi connectivity index (χ1) is 15.1. The minimum absolute atomic E-state index is 0.295. The summed E-state index contributed by atoms with van der Waals surface area (Å²) in [6.07, 6.45) is 0.573. The molecule has 0 saturated carbocycles. The van der Waals surface area contributed by atoms with Gasteiger partial charge >= 0.3 is 5.97 Å². The van der Waals surface area contributed by atoms with Crippen LogP contribution >= 0.6 is 11.8 Å². The maximum absolute atomic E-state index is 12.4. The summed E-state index contributed by atoms with van der Waals surface area (Å²) in [5.41, 5.74) is 3.76. The topological polar surface area (TPSA) is 72.2 Å². The highest BCUT2D eigenvalue weighted by atomic mass is 32.2. The van der Waals surface area contributed by atoms with Crippen molar-refractivity contribution < 1.29 is 14.3 Å². The quantitative estimate of drug-likeness (QED) is 0.334. The van der Waals surface area contributed by atoms with Crippen molar-refractivity contribution in [3.8, 4) is 34.2 Å². The van der Waals surface area contributed by atoms with E-state index < -0.39 is 5.25 Å². The summed E-state index contributed by atoms with van der Waals surface area (Å²) >= 11 is 1.28. The SMILES string of the molecule is CCOC(=O)[C@H](CC)Sc1nc(-c2ccccc2)cc(-c2ccc(OC)cc2)c1C#N. The molecule has 0 aliphatic heterocycles. The second kappa shape index (κ2) is 10.6. The lowest BCUT2D eigenvalue weighted by molar-refractivity contribution is -0.142. The van der Waals surface area contributed by atoms with Gasteiger partial charge in [-0.3, -0.25) is 4.79 Å². The Morgan fingerprint density at radius 1 is 1.10 bits per heavy atom. The molecular formula is C25H24N2O3S. The third kappa shape index (κ3) is 5.25. The molecule has 31 heavy (non-hydrogen) atoms. The molecule has 0 saturated heterocycles. The highest BCUT2D eigenvalue weighted by Gasteiger charge is 2.24. The lowest BCUT2D eigenvalue weighted by Gasteiger charge is -2.16. The Bertz CT molecular complexity index is 1080. The first-order valence-electron chi connectivity index (χ1n) is 10.1. The van der Waals surface area contributed by atoms with Gasteiger partial charge in [-0.25, -0.2) is 4.98 Å². The van der Waals surface area contributed by atoms with Crippen LogP contribution in [0.2, 0.25) is 0 Å². The molecular weight excluding hydrogens is 408 g/mol. The molecule has 0 radical (unpaired) electrons. The number of aromatic nitrogens is 1. The van der Waals surface area contributed by atoms with Gasteiger partial charge in [0.1, 0.15) is 22.1 Å². The van der Waals surface area contributed by atoms with Gasteiger partial charge in [-0.2, -0.15) is 5.26 Å². The Labute approximate surface area is 187 Å². The smallest absolute Gasteiger partial charge is 0.319 e. The zero-order valence-electron chi connectivity index (χ0n) is 17.8. The van der Waals surface area contributed by atoms with E-state index in [2.05, 4.69) is 6.07 Å². The average molecular weight is 433 g/mol. The van der Waals surface area contributed by atoms with Crippen LogP contribution in [0.3, 0.4) is 0 Å².